The molecule has 2 heterocycles. The van der Waals surface area contributed by atoms with Crippen LogP contribution in [0.1, 0.15) is 31.4 Å². The van der Waals surface area contributed by atoms with Gasteiger partial charge in [0.2, 0.25) is 5.90 Å². The lowest BCUT2D eigenvalue weighted by Crippen LogP contribution is -2.38. The van der Waals surface area contributed by atoms with Crippen molar-refractivity contribution >= 4 is 16.8 Å². The minimum absolute atomic E-state index is 0.0257. The third kappa shape index (κ3) is 3.72. The van der Waals surface area contributed by atoms with E-state index in [-0.39, 0.29) is 17.4 Å². The second-order valence-corrected chi connectivity index (χ2v) is 7.64. The summed E-state index contributed by atoms with van der Waals surface area (Å²) in [6, 6.07) is 10.6. The molecule has 6 heteroatoms. The Morgan fingerprint density at radius 1 is 1.07 bits per heavy atom. The number of hydrogen-bond acceptors (Lipinski definition) is 3. The minimum Gasteiger partial charge on any atom is -0.471 e. The molecular weight excluding hydrogens is 365 g/mol. The van der Waals surface area contributed by atoms with E-state index in [1.165, 1.54) is 24.4 Å². The summed E-state index contributed by atoms with van der Waals surface area (Å²) in [5, 5.41) is 0.473. The molecule has 4 rings (SSSR count). The zero-order valence-electron chi connectivity index (χ0n) is 15.5. The van der Waals surface area contributed by atoms with Gasteiger partial charge in [-0.05, 0) is 56.2 Å². The Bertz CT molecular complexity index is 1060. The Morgan fingerprint density at radius 3 is 2.57 bits per heavy atom. The van der Waals surface area contributed by atoms with Gasteiger partial charge in [-0.1, -0.05) is 12.1 Å². The molecule has 0 fully saturated rings. The van der Waals surface area contributed by atoms with Gasteiger partial charge in [-0.2, -0.15) is 0 Å². The van der Waals surface area contributed by atoms with Gasteiger partial charge in [0.15, 0.2) is 11.6 Å². The molecule has 144 valence electrons. The number of rotatable bonds is 3. The van der Waals surface area contributed by atoms with E-state index in [0.717, 1.165) is 11.6 Å². The van der Waals surface area contributed by atoms with Crippen LogP contribution in [0.3, 0.4) is 0 Å². The fourth-order valence-corrected chi connectivity index (χ4v) is 3.51. The fraction of sp³-hybridized carbons (Fsp3) is 0.273. The molecule has 2 aromatic carbocycles. The highest BCUT2D eigenvalue weighted by atomic mass is 19.2. The Balaban J connectivity index is 1.68. The molecule has 1 atom stereocenters. The first kappa shape index (κ1) is 18.5. The van der Waals surface area contributed by atoms with Crippen LogP contribution in [0.25, 0.3) is 10.9 Å². The Morgan fingerprint density at radius 2 is 1.82 bits per heavy atom. The van der Waals surface area contributed by atoms with Gasteiger partial charge in [-0.25, -0.2) is 18.2 Å². The molecule has 28 heavy (non-hydrogen) atoms. The standard InChI is InChI=1S/C22H19F3N2O/c1-22(2)11-17(9-13-3-6-16(23)7-4-13)27-21(28-22)15-10-14-5-8-18(24)19(25)20(14)26-12-15/h3-8,10,12,17H,9,11H2,1-2H3. The lowest BCUT2D eigenvalue weighted by Gasteiger charge is -2.34. The number of ether oxygens (including phenoxy) is 1. The zero-order chi connectivity index (χ0) is 19.9. The third-order valence-electron chi connectivity index (χ3n) is 4.78. The van der Waals surface area contributed by atoms with Crippen molar-refractivity contribution < 1.29 is 17.9 Å². The second kappa shape index (κ2) is 6.93. The number of aliphatic imine (C=N–C) groups is 1. The summed E-state index contributed by atoms with van der Waals surface area (Å²) >= 11 is 0. The quantitative estimate of drug-likeness (QED) is 0.621. The first-order valence-corrected chi connectivity index (χ1v) is 9.06. The average Bonchev–Trinajstić information content (AvgIpc) is 2.65. The number of hydrogen-bond donors (Lipinski definition) is 0. The maximum atomic E-state index is 13.9. The van der Waals surface area contributed by atoms with E-state index in [1.54, 1.807) is 18.2 Å². The van der Waals surface area contributed by atoms with Crippen molar-refractivity contribution in [2.45, 2.75) is 38.3 Å². The van der Waals surface area contributed by atoms with Crippen LogP contribution in [0.2, 0.25) is 0 Å². The normalized spacial score (nSPS) is 18.6. The number of nitrogens with zero attached hydrogens (tertiary/aromatic N) is 2. The molecule has 3 aromatic rings. The van der Waals surface area contributed by atoms with Gasteiger partial charge in [0.05, 0.1) is 11.6 Å². The van der Waals surface area contributed by atoms with Gasteiger partial charge in [-0.15, -0.1) is 0 Å². The summed E-state index contributed by atoms with van der Waals surface area (Å²) < 4.78 is 46.5. The second-order valence-electron chi connectivity index (χ2n) is 7.64. The SMILES string of the molecule is CC1(C)CC(Cc2ccc(F)cc2)N=C(c2cnc3c(F)c(F)ccc3c2)O1. The third-order valence-corrected chi connectivity index (χ3v) is 4.78. The molecule has 1 unspecified atom stereocenters. The predicted molar refractivity (Wildman–Crippen MR) is 102 cm³/mol. The van der Waals surface area contributed by atoms with Crippen molar-refractivity contribution in [3.05, 3.63) is 77.2 Å². The van der Waals surface area contributed by atoms with E-state index >= 15 is 0 Å². The zero-order valence-corrected chi connectivity index (χ0v) is 15.5. The number of halogens is 3. The summed E-state index contributed by atoms with van der Waals surface area (Å²) in [6.07, 6.45) is 2.80. The van der Waals surface area contributed by atoms with Crippen LogP contribution in [0.4, 0.5) is 13.2 Å². The lowest BCUT2D eigenvalue weighted by molar-refractivity contribution is 0.0634. The number of aromatic nitrogens is 1. The fourth-order valence-electron chi connectivity index (χ4n) is 3.51. The Kier molecular flexibility index (Phi) is 4.57. The van der Waals surface area contributed by atoms with Gasteiger partial charge in [0, 0.05) is 18.0 Å². The van der Waals surface area contributed by atoms with E-state index in [9.17, 15) is 13.2 Å². The molecule has 1 aliphatic rings. The van der Waals surface area contributed by atoms with Crippen molar-refractivity contribution in [1.29, 1.82) is 0 Å². The number of pyridine rings is 1. The van der Waals surface area contributed by atoms with Crippen molar-refractivity contribution in [2.24, 2.45) is 4.99 Å². The first-order valence-electron chi connectivity index (χ1n) is 9.06. The maximum Gasteiger partial charge on any atom is 0.218 e. The summed E-state index contributed by atoms with van der Waals surface area (Å²) in [7, 11) is 0. The van der Waals surface area contributed by atoms with Gasteiger partial charge in [0.1, 0.15) is 16.9 Å². The van der Waals surface area contributed by atoms with Crippen molar-refractivity contribution in [2.75, 3.05) is 0 Å². The molecule has 1 aliphatic heterocycles. The number of benzene rings is 2. The highest BCUT2D eigenvalue weighted by Crippen LogP contribution is 2.29. The molecule has 0 aliphatic carbocycles. The summed E-state index contributed by atoms with van der Waals surface area (Å²) in [6.45, 7) is 3.95. The van der Waals surface area contributed by atoms with Gasteiger partial charge in [-0.3, -0.25) is 4.98 Å². The van der Waals surface area contributed by atoms with E-state index in [2.05, 4.69) is 4.98 Å². The van der Waals surface area contributed by atoms with Crippen LogP contribution < -0.4 is 0 Å². The summed E-state index contributed by atoms with van der Waals surface area (Å²) in [5.74, 6) is -1.75. The molecule has 3 nitrogen and oxygen atoms in total. The Labute approximate surface area is 160 Å². The highest BCUT2D eigenvalue weighted by Gasteiger charge is 2.32. The van der Waals surface area contributed by atoms with Crippen molar-refractivity contribution in [3.8, 4) is 0 Å². The van der Waals surface area contributed by atoms with Gasteiger partial charge in [0.25, 0.3) is 0 Å². The molecule has 0 saturated heterocycles. The molecule has 0 bridgehead atoms. The van der Waals surface area contributed by atoms with E-state index < -0.39 is 17.2 Å². The van der Waals surface area contributed by atoms with Crippen LogP contribution in [-0.4, -0.2) is 22.5 Å². The van der Waals surface area contributed by atoms with Crippen LogP contribution in [0, 0.1) is 17.5 Å². The highest BCUT2D eigenvalue weighted by molar-refractivity contribution is 5.98. The van der Waals surface area contributed by atoms with Crippen LogP contribution in [0.5, 0.6) is 0 Å². The van der Waals surface area contributed by atoms with E-state index in [0.29, 0.717) is 29.7 Å². The molecule has 0 radical (unpaired) electrons. The molecule has 0 spiro atoms. The molecule has 0 N–H and O–H groups in total. The largest absolute Gasteiger partial charge is 0.471 e. The van der Waals surface area contributed by atoms with Crippen LogP contribution in [0.15, 0.2) is 53.7 Å². The molecular formula is C22H19F3N2O. The lowest BCUT2D eigenvalue weighted by atomic mass is 9.93. The van der Waals surface area contributed by atoms with Crippen LogP contribution in [-0.2, 0) is 11.2 Å². The minimum atomic E-state index is -0.968. The summed E-state index contributed by atoms with van der Waals surface area (Å²) in [4.78, 5) is 8.77. The molecule has 0 amide bonds. The van der Waals surface area contributed by atoms with Gasteiger partial charge >= 0.3 is 0 Å². The summed E-state index contributed by atoms with van der Waals surface area (Å²) in [5.41, 5.74) is 1.11. The Hall–Kier alpha value is -2.89. The van der Waals surface area contributed by atoms with E-state index in [4.69, 9.17) is 9.73 Å². The molecule has 1 aromatic heterocycles. The molecule has 0 saturated carbocycles. The van der Waals surface area contributed by atoms with Crippen molar-refractivity contribution in [3.63, 3.8) is 0 Å². The number of fused-ring (bicyclic) bond motifs is 1. The van der Waals surface area contributed by atoms with E-state index in [1.807, 2.05) is 13.8 Å². The first-order chi connectivity index (χ1) is 13.3. The average molecular weight is 384 g/mol. The monoisotopic (exact) mass is 384 g/mol. The van der Waals surface area contributed by atoms with Crippen molar-refractivity contribution in [1.82, 2.24) is 4.98 Å². The smallest absolute Gasteiger partial charge is 0.218 e. The topological polar surface area (TPSA) is 34.5 Å². The maximum absolute atomic E-state index is 13.9. The van der Waals surface area contributed by atoms with Crippen LogP contribution >= 0.6 is 0 Å². The van der Waals surface area contributed by atoms with Gasteiger partial charge < -0.3 is 4.74 Å². The predicted octanol–water partition coefficient (Wildman–Crippen LogP) is 5.21.